The van der Waals surface area contributed by atoms with Gasteiger partial charge in [-0.15, -0.1) is 0 Å². The van der Waals surface area contributed by atoms with E-state index in [-0.39, 0.29) is 12.2 Å². The summed E-state index contributed by atoms with van der Waals surface area (Å²) in [5.74, 6) is -4.19. The van der Waals surface area contributed by atoms with Crippen molar-refractivity contribution < 1.29 is 38.0 Å². The third-order valence-corrected chi connectivity index (χ3v) is 4.70. The number of aliphatic hydroxyl groups excluding tert-OH is 1. The Morgan fingerprint density at radius 1 is 1.16 bits per heavy atom. The van der Waals surface area contributed by atoms with Crippen molar-refractivity contribution in [2.24, 2.45) is 0 Å². The lowest BCUT2D eigenvalue weighted by Crippen LogP contribution is -2.70. The average Bonchev–Trinajstić information content (AvgIpc) is 2.63. The largest absolute Gasteiger partial charge is 0.467 e. The number of ether oxygens (including phenoxy) is 5. The first-order valence-corrected chi connectivity index (χ1v) is 7.64. The molecule has 0 spiro atoms. The van der Waals surface area contributed by atoms with E-state index in [1.54, 1.807) is 6.92 Å². The molecule has 1 aliphatic heterocycles. The molecule has 1 N–H and O–H groups in total. The van der Waals surface area contributed by atoms with Gasteiger partial charge in [0.1, 0.15) is 11.9 Å². The zero-order valence-electron chi connectivity index (χ0n) is 14.9. The molecular weight excluding hydrogens is 335 g/mol. The molecule has 0 unspecified atom stereocenters. The lowest BCUT2D eigenvalue weighted by atomic mass is 9.88. The first-order chi connectivity index (χ1) is 11.7. The maximum atomic E-state index is 13.2. The normalized spacial score (nSPS) is 33.7. The van der Waals surface area contributed by atoms with Crippen LogP contribution in [0.25, 0.3) is 0 Å². The third-order valence-electron chi connectivity index (χ3n) is 4.70. The van der Waals surface area contributed by atoms with Crippen LogP contribution >= 0.6 is 0 Å². The standard InChI is InChI=1S/C17H23FO7/c1-15(22-4)16(2,23-5)25-17(10-24-15,14(20)21-3)13(19)11-6-8-12(18)9-7-11/h6-9,13,19H,10H2,1-5H3/t13-,15-,16-,17-/m1/s1. The van der Waals surface area contributed by atoms with Crippen LogP contribution < -0.4 is 0 Å². The van der Waals surface area contributed by atoms with Gasteiger partial charge >= 0.3 is 5.97 Å². The minimum atomic E-state index is -1.92. The van der Waals surface area contributed by atoms with Gasteiger partial charge in [0.05, 0.1) is 13.7 Å². The van der Waals surface area contributed by atoms with Crippen molar-refractivity contribution in [3.8, 4) is 0 Å². The van der Waals surface area contributed by atoms with Crippen molar-refractivity contribution in [3.63, 3.8) is 0 Å². The fourth-order valence-corrected chi connectivity index (χ4v) is 2.75. The van der Waals surface area contributed by atoms with E-state index in [1.165, 1.54) is 52.5 Å². The molecule has 2 rings (SSSR count). The molecule has 8 heteroatoms. The number of methoxy groups -OCH3 is 3. The van der Waals surface area contributed by atoms with Crippen molar-refractivity contribution in [2.75, 3.05) is 27.9 Å². The van der Waals surface area contributed by atoms with Crippen LogP contribution in [0.3, 0.4) is 0 Å². The smallest absolute Gasteiger partial charge is 0.343 e. The fraction of sp³-hybridized carbons (Fsp3) is 0.588. The molecule has 1 aliphatic rings. The molecule has 25 heavy (non-hydrogen) atoms. The van der Waals surface area contributed by atoms with Crippen LogP contribution in [-0.2, 0) is 28.5 Å². The molecule has 0 saturated carbocycles. The Morgan fingerprint density at radius 2 is 1.72 bits per heavy atom. The van der Waals surface area contributed by atoms with Gasteiger partial charge < -0.3 is 28.8 Å². The summed E-state index contributed by atoms with van der Waals surface area (Å²) in [5.41, 5.74) is -1.66. The van der Waals surface area contributed by atoms with Crippen LogP contribution in [0.5, 0.6) is 0 Å². The summed E-state index contributed by atoms with van der Waals surface area (Å²) >= 11 is 0. The fourth-order valence-electron chi connectivity index (χ4n) is 2.75. The van der Waals surface area contributed by atoms with Gasteiger partial charge in [-0.1, -0.05) is 12.1 Å². The number of hydrogen-bond donors (Lipinski definition) is 1. The highest BCUT2D eigenvalue weighted by Gasteiger charge is 2.64. The molecule has 140 valence electrons. The van der Waals surface area contributed by atoms with Crippen LogP contribution in [0.2, 0.25) is 0 Å². The summed E-state index contributed by atoms with van der Waals surface area (Å²) in [5, 5.41) is 10.8. The van der Waals surface area contributed by atoms with Gasteiger partial charge in [0.15, 0.2) is 0 Å². The molecule has 0 aliphatic carbocycles. The summed E-state index contributed by atoms with van der Waals surface area (Å²) in [6.07, 6.45) is -1.49. The Hall–Kier alpha value is -1.58. The highest BCUT2D eigenvalue weighted by atomic mass is 19.1. The summed E-state index contributed by atoms with van der Waals surface area (Å²) in [6.45, 7) is 2.74. The van der Waals surface area contributed by atoms with E-state index in [1.807, 2.05) is 0 Å². The van der Waals surface area contributed by atoms with Gasteiger partial charge in [0, 0.05) is 14.2 Å². The van der Waals surface area contributed by atoms with E-state index < -0.39 is 35.1 Å². The number of hydrogen-bond acceptors (Lipinski definition) is 7. The number of esters is 1. The molecule has 1 aromatic rings. The minimum absolute atomic E-state index is 0.259. The molecule has 1 fully saturated rings. The molecular formula is C17H23FO7. The van der Waals surface area contributed by atoms with Crippen LogP contribution in [0.1, 0.15) is 25.5 Å². The monoisotopic (exact) mass is 358 g/mol. The van der Waals surface area contributed by atoms with Crippen molar-refractivity contribution in [1.29, 1.82) is 0 Å². The zero-order chi connectivity index (χ0) is 18.9. The van der Waals surface area contributed by atoms with Crippen molar-refractivity contribution in [3.05, 3.63) is 35.6 Å². The quantitative estimate of drug-likeness (QED) is 0.800. The highest BCUT2D eigenvalue weighted by molar-refractivity contribution is 5.81. The van der Waals surface area contributed by atoms with Gasteiger partial charge in [-0.05, 0) is 31.5 Å². The van der Waals surface area contributed by atoms with Gasteiger partial charge in [0.25, 0.3) is 0 Å². The number of carbonyl (C=O) groups is 1. The molecule has 7 nitrogen and oxygen atoms in total. The lowest BCUT2D eigenvalue weighted by Gasteiger charge is -2.53. The summed E-state index contributed by atoms with van der Waals surface area (Å²) in [4.78, 5) is 12.5. The van der Waals surface area contributed by atoms with E-state index in [0.717, 1.165) is 0 Å². The Labute approximate surface area is 145 Å². The van der Waals surface area contributed by atoms with E-state index in [9.17, 15) is 14.3 Å². The second kappa shape index (κ2) is 6.97. The van der Waals surface area contributed by atoms with Crippen LogP contribution in [0.15, 0.2) is 24.3 Å². The van der Waals surface area contributed by atoms with Crippen LogP contribution in [0, 0.1) is 5.82 Å². The maximum absolute atomic E-state index is 13.2. The first-order valence-electron chi connectivity index (χ1n) is 7.64. The Balaban J connectivity index is 2.49. The van der Waals surface area contributed by atoms with Crippen LogP contribution in [-0.4, -0.2) is 56.2 Å². The molecule has 1 heterocycles. The molecule has 4 atom stereocenters. The number of benzene rings is 1. The molecule has 0 radical (unpaired) electrons. The maximum Gasteiger partial charge on any atom is 0.343 e. The summed E-state index contributed by atoms with van der Waals surface area (Å²) < 4.78 is 40.4. The number of rotatable bonds is 5. The topological polar surface area (TPSA) is 83.5 Å². The van der Waals surface area contributed by atoms with E-state index in [4.69, 9.17) is 23.7 Å². The molecule has 0 bridgehead atoms. The lowest BCUT2D eigenvalue weighted by molar-refractivity contribution is -0.453. The van der Waals surface area contributed by atoms with E-state index in [2.05, 4.69) is 0 Å². The highest BCUT2D eigenvalue weighted by Crippen LogP contribution is 2.45. The van der Waals surface area contributed by atoms with Gasteiger partial charge in [-0.2, -0.15) is 0 Å². The number of carbonyl (C=O) groups excluding carboxylic acids is 1. The van der Waals surface area contributed by atoms with Gasteiger partial charge in [-0.3, -0.25) is 0 Å². The van der Waals surface area contributed by atoms with Crippen LogP contribution in [0.4, 0.5) is 4.39 Å². The van der Waals surface area contributed by atoms with E-state index >= 15 is 0 Å². The molecule has 0 amide bonds. The van der Waals surface area contributed by atoms with Crippen molar-refractivity contribution in [2.45, 2.75) is 37.1 Å². The zero-order valence-corrected chi connectivity index (χ0v) is 14.9. The Kier molecular flexibility index (Phi) is 5.50. The second-order valence-corrected chi connectivity index (χ2v) is 6.03. The first kappa shape index (κ1) is 19.7. The van der Waals surface area contributed by atoms with Crippen molar-refractivity contribution >= 4 is 5.97 Å². The van der Waals surface area contributed by atoms with Crippen molar-refractivity contribution in [1.82, 2.24) is 0 Å². The van der Waals surface area contributed by atoms with Gasteiger partial charge in [-0.25, -0.2) is 9.18 Å². The SMILES string of the molecule is COC(=O)[C@]1([C@H](O)c2ccc(F)cc2)CO[C@@](C)(OC)[C@](C)(OC)O1. The number of aliphatic hydroxyl groups is 1. The third kappa shape index (κ3) is 3.16. The van der Waals surface area contributed by atoms with Gasteiger partial charge in [0.2, 0.25) is 17.2 Å². The number of halogens is 1. The minimum Gasteiger partial charge on any atom is -0.467 e. The second-order valence-electron chi connectivity index (χ2n) is 6.03. The molecule has 1 aromatic carbocycles. The summed E-state index contributed by atoms with van der Waals surface area (Å²) in [7, 11) is 3.93. The predicted octanol–water partition coefficient (Wildman–Crippen LogP) is 1.54. The molecule has 1 saturated heterocycles. The Morgan fingerprint density at radius 3 is 2.20 bits per heavy atom. The van der Waals surface area contributed by atoms with E-state index in [0.29, 0.717) is 0 Å². The average molecular weight is 358 g/mol. The Bertz CT molecular complexity index is 622. The predicted molar refractivity (Wildman–Crippen MR) is 84.0 cm³/mol. The summed E-state index contributed by atoms with van der Waals surface area (Å²) in [6, 6.07) is 5.04. The molecule has 0 aromatic heterocycles.